The van der Waals surface area contributed by atoms with Gasteiger partial charge in [-0.15, -0.1) is 6.58 Å². The molecular formula is C21H28N2. The van der Waals surface area contributed by atoms with Gasteiger partial charge in [-0.05, 0) is 48.8 Å². The second-order valence-electron chi connectivity index (χ2n) is 7.00. The van der Waals surface area contributed by atoms with Crippen LogP contribution in [0.25, 0.3) is 10.9 Å². The van der Waals surface area contributed by atoms with Crippen molar-refractivity contribution in [1.82, 2.24) is 4.98 Å². The highest BCUT2D eigenvalue weighted by Gasteiger charge is 2.18. The Bertz CT molecular complexity index is 691. The molecule has 1 unspecified atom stereocenters. The van der Waals surface area contributed by atoms with Crippen molar-refractivity contribution in [2.24, 2.45) is 11.8 Å². The number of rotatable bonds is 8. The minimum absolute atomic E-state index is 0.441. The van der Waals surface area contributed by atoms with Gasteiger partial charge in [0, 0.05) is 22.8 Å². The van der Waals surface area contributed by atoms with Crippen molar-refractivity contribution in [1.29, 1.82) is 0 Å². The second kappa shape index (κ2) is 7.08. The van der Waals surface area contributed by atoms with Gasteiger partial charge in [-0.1, -0.05) is 44.9 Å². The maximum absolute atomic E-state index is 4.22. The summed E-state index contributed by atoms with van der Waals surface area (Å²) in [5.41, 5.74) is 4.87. The normalized spacial score (nSPS) is 16.0. The molecule has 1 aliphatic rings. The minimum atomic E-state index is 0.441. The van der Waals surface area contributed by atoms with E-state index in [1.165, 1.54) is 42.1 Å². The number of nitrogens with one attached hydrogen (secondary N) is 2. The first-order valence-electron chi connectivity index (χ1n) is 8.84. The van der Waals surface area contributed by atoms with E-state index in [1.54, 1.807) is 0 Å². The van der Waals surface area contributed by atoms with Crippen LogP contribution in [0.2, 0.25) is 0 Å². The first-order chi connectivity index (χ1) is 11.2. The summed E-state index contributed by atoms with van der Waals surface area (Å²) in [6.45, 7) is 10.2. The molecule has 0 spiro atoms. The number of aromatic amines is 1. The summed E-state index contributed by atoms with van der Waals surface area (Å²) in [5.74, 6) is 1.34. The third-order valence-corrected chi connectivity index (χ3v) is 5.19. The standard InChI is InChI=1S/C21H28N2/c1-4-5-7-15(2)16(3)23-21-14-22-20-11-10-18(13-19(20)21)12-17-8-6-9-17/h4,10-11,13-15,17,22-23H,1,3,5-9,12H2,2H3. The molecule has 23 heavy (non-hydrogen) atoms. The van der Waals surface area contributed by atoms with E-state index in [0.29, 0.717) is 5.92 Å². The molecule has 1 heterocycles. The summed E-state index contributed by atoms with van der Waals surface area (Å²) in [6.07, 6.45) is 11.6. The van der Waals surface area contributed by atoms with Gasteiger partial charge < -0.3 is 10.3 Å². The molecule has 2 nitrogen and oxygen atoms in total. The van der Waals surface area contributed by atoms with Gasteiger partial charge in [0.1, 0.15) is 0 Å². The molecule has 2 heteroatoms. The number of allylic oxidation sites excluding steroid dienone is 2. The highest BCUT2D eigenvalue weighted by atomic mass is 14.9. The number of aromatic nitrogens is 1. The van der Waals surface area contributed by atoms with Crippen molar-refractivity contribution in [2.75, 3.05) is 5.32 Å². The summed E-state index contributed by atoms with van der Waals surface area (Å²) < 4.78 is 0. The summed E-state index contributed by atoms with van der Waals surface area (Å²) in [7, 11) is 0. The number of hydrogen-bond acceptors (Lipinski definition) is 1. The van der Waals surface area contributed by atoms with Crippen molar-refractivity contribution < 1.29 is 0 Å². The molecule has 0 radical (unpaired) electrons. The molecule has 3 rings (SSSR count). The highest BCUT2D eigenvalue weighted by molar-refractivity contribution is 5.93. The van der Waals surface area contributed by atoms with Crippen molar-refractivity contribution in [3.8, 4) is 0 Å². The fraction of sp³-hybridized carbons (Fsp3) is 0.429. The molecule has 1 fully saturated rings. The Morgan fingerprint density at radius 1 is 1.43 bits per heavy atom. The Morgan fingerprint density at radius 2 is 2.26 bits per heavy atom. The third-order valence-electron chi connectivity index (χ3n) is 5.19. The largest absolute Gasteiger partial charge is 0.359 e. The molecule has 0 amide bonds. The van der Waals surface area contributed by atoms with Crippen molar-refractivity contribution in [2.45, 2.75) is 45.4 Å². The van der Waals surface area contributed by atoms with Crippen LogP contribution in [0.5, 0.6) is 0 Å². The summed E-state index contributed by atoms with van der Waals surface area (Å²) >= 11 is 0. The highest BCUT2D eigenvalue weighted by Crippen LogP contribution is 2.32. The Hall–Kier alpha value is -1.96. The zero-order chi connectivity index (χ0) is 16.2. The maximum atomic E-state index is 4.22. The number of fused-ring (bicyclic) bond motifs is 1. The van der Waals surface area contributed by atoms with E-state index in [4.69, 9.17) is 0 Å². The van der Waals surface area contributed by atoms with Crippen LogP contribution < -0.4 is 5.32 Å². The molecule has 1 aromatic heterocycles. The lowest BCUT2D eigenvalue weighted by molar-refractivity contribution is 0.314. The maximum Gasteiger partial charge on any atom is 0.0639 e. The molecule has 1 saturated carbocycles. The quantitative estimate of drug-likeness (QED) is 0.572. The van der Waals surface area contributed by atoms with Crippen LogP contribution in [0.15, 0.2) is 49.3 Å². The lowest BCUT2D eigenvalue weighted by Crippen LogP contribution is -2.13. The fourth-order valence-electron chi connectivity index (χ4n) is 3.27. The molecular weight excluding hydrogens is 280 g/mol. The van der Waals surface area contributed by atoms with Crippen LogP contribution in [0.4, 0.5) is 5.69 Å². The summed E-state index contributed by atoms with van der Waals surface area (Å²) in [5, 5.41) is 4.80. The lowest BCUT2D eigenvalue weighted by Gasteiger charge is -2.25. The third kappa shape index (κ3) is 3.69. The topological polar surface area (TPSA) is 27.8 Å². The molecule has 2 N–H and O–H groups in total. The number of H-pyrrole nitrogens is 1. The molecule has 1 aromatic carbocycles. The number of benzene rings is 1. The molecule has 122 valence electrons. The second-order valence-corrected chi connectivity index (χ2v) is 7.00. The van der Waals surface area contributed by atoms with E-state index in [1.807, 2.05) is 6.08 Å². The SMILES string of the molecule is C=CCCC(C)C(=C)Nc1c[nH]c2ccc(CC3CCC3)cc12. The van der Waals surface area contributed by atoms with Crippen molar-refractivity contribution in [3.63, 3.8) is 0 Å². The molecule has 0 saturated heterocycles. The molecule has 0 aliphatic heterocycles. The zero-order valence-corrected chi connectivity index (χ0v) is 14.2. The first-order valence-corrected chi connectivity index (χ1v) is 8.84. The van der Waals surface area contributed by atoms with Crippen LogP contribution in [-0.4, -0.2) is 4.98 Å². The summed E-state index contributed by atoms with van der Waals surface area (Å²) in [6, 6.07) is 6.81. The van der Waals surface area contributed by atoms with Crippen molar-refractivity contribution in [3.05, 3.63) is 54.9 Å². The predicted octanol–water partition coefficient (Wildman–Crippen LogP) is 6.04. The Morgan fingerprint density at radius 3 is 2.96 bits per heavy atom. The van der Waals surface area contributed by atoms with Crippen LogP contribution in [-0.2, 0) is 6.42 Å². The molecule has 1 atom stereocenters. The van der Waals surface area contributed by atoms with Gasteiger partial charge in [0.05, 0.1) is 5.69 Å². The predicted molar refractivity (Wildman–Crippen MR) is 101 cm³/mol. The van der Waals surface area contributed by atoms with E-state index in [0.717, 1.165) is 30.1 Å². The van der Waals surface area contributed by atoms with Gasteiger partial charge in [0.25, 0.3) is 0 Å². The average Bonchev–Trinajstić information content (AvgIpc) is 2.91. The van der Waals surface area contributed by atoms with Crippen LogP contribution in [0.1, 0.15) is 44.6 Å². The van der Waals surface area contributed by atoms with Crippen molar-refractivity contribution >= 4 is 16.6 Å². The monoisotopic (exact) mass is 308 g/mol. The van der Waals surface area contributed by atoms with E-state index in [2.05, 4.69) is 54.8 Å². The van der Waals surface area contributed by atoms with E-state index < -0.39 is 0 Å². The van der Waals surface area contributed by atoms with E-state index in [9.17, 15) is 0 Å². The minimum Gasteiger partial charge on any atom is -0.359 e. The molecule has 1 aliphatic carbocycles. The molecule has 0 bridgehead atoms. The van der Waals surface area contributed by atoms with E-state index >= 15 is 0 Å². The number of hydrogen-bond donors (Lipinski definition) is 2. The van der Waals surface area contributed by atoms with Gasteiger partial charge in [-0.25, -0.2) is 0 Å². The van der Waals surface area contributed by atoms with Crippen LogP contribution >= 0.6 is 0 Å². The van der Waals surface area contributed by atoms with E-state index in [-0.39, 0.29) is 0 Å². The average molecular weight is 308 g/mol. The smallest absolute Gasteiger partial charge is 0.0639 e. The van der Waals surface area contributed by atoms with Gasteiger partial charge in [0.15, 0.2) is 0 Å². The first kappa shape index (κ1) is 15.9. The Balaban J connectivity index is 1.73. The molecule has 2 aromatic rings. The lowest BCUT2D eigenvalue weighted by atomic mass is 9.81. The number of anilines is 1. The van der Waals surface area contributed by atoms with Crippen LogP contribution in [0.3, 0.4) is 0 Å². The Labute approximate surface area is 139 Å². The van der Waals surface area contributed by atoms with Gasteiger partial charge in [0.2, 0.25) is 0 Å². The van der Waals surface area contributed by atoms with Gasteiger partial charge in [-0.2, -0.15) is 0 Å². The fourth-order valence-corrected chi connectivity index (χ4v) is 3.27. The summed E-state index contributed by atoms with van der Waals surface area (Å²) in [4.78, 5) is 3.36. The van der Waals surface area contributed by atoms with Crippen LogP contribution in [0, 0.1) is 11.8 Å². The van der Waals surface area contributed by atoms with Gasteiger partial charge >= 0.3 is 0 Å². The zero-order valence-electron chi connectivity index (χ0n) is 14.2. The Kier molecular flexibility index (Phi) is 4.90. The van der Waals surface area contributed by atoms with Gasteiger partial charge in [-0.3, -0.25) is 0 Å².